The van der Waals surface area contributed by atoms with Gasteiger partial charge in [0.25, 0.3) is 5.69 Å². The van der Waals surface area contributed by atoms with Crippen molar-refractivity contribution in [1.29, 1.82) is 0 Å². The fourth-order valence-corrected chi connectivity index (χ4v) is 3.25. The Morgan fingerprint density at radius 2 is 2.00 bits per heavy atom. The van der Waals surface area contributed by atoms with E-state index in [9.17, 15) is 10.1 Å². The van der Waals surface area contributed by atoms with Gasteiger partial charge in [0.15, 0.2) is 0 Å². The molecule has 1 aliphatic rings. The van der Waals surface area contributed by atoms with Crippen molar-refractivity contribution >= 4 is 11.4 Å². The van der Waals surface area contributed by atoms with Crippen molar-refractivity contribution in [2.24, 2.45) is 11.8 Å². The molecule has 1 aromatic carbocycles. The van der Waals surface area contributed by atoms with Crippen LogP contribution in [0.4, 0.5) is 11.4 Å². The van der Waals surface area contributed by atoms with Gasteiger partial charge in [-0.25, -0.2) is 0 Å². The highest BCUT2D eigenvalue weighted by atomic mass is 16.6. The highest BCUT2D eigenvalue weighted by molar-refractivity contribution is 5.55. The molecule has 0 bridgehead atoms. The standard InChI is InChI=1S/C16H24N2O2/c1-11(2)14-6-4-5-7-15(14)17-13-9-8-12(3)16(10-13)18(19)20/h8-11,14-15,17H,4-7H2,1-3H3. The van der Waals surface area contributed by atoms with E-state index < -0.39 is 0 Å². The molecule has 1 saturated carbocycles. The van der Waals surface area contributed by atoms with E-state index in [0.717, 1.165) is 12.1 Å². The highest BCUT2D eigenvalue weighted by Gasteiger charge is 2.27. The second-order valence-electron chi connectivity index (χ2n) is 6.20. The first kappa shape index (κ1) is 14.8. The number of hydrogen-bond acceptors (Lipinski definition) is 3. The van der Waals surface area contributed by atoms with Gasteiger partial charge in [0.1, 0.15) is 0 Å². The lowest BCUT2D eigenvalue weighted by Crippen LogP contribution is -2.35. The highest BCUT2D eigenvalue weighted by Crippen LogP contribution is 2.33. The minimum Gasteiger partial charge on any atom is -0.382 e. The number of nitro groups is 1. The van der Waals surface area contributed by atoms with E-state index in [-0.39, 0.29) is 10.6 Å². The van der Waals surface area contributed by atoms with Gasteiger partial charge in [-0.1, -0.05) is 32.8 Å². The number of benzene rings is 1. The van der Waals surface area contributed by atoms with Gasteiger partial charge < -0.3 is 5.32 Å². The summed E-state index contributed by atoms with van der Waals surface area (Å²) in [6.07, 6.45) is 4.96. The van der Waals surface area contributed by atoms with Crippen LogP contribution in [0.25, 0.3) is 0 Å². The molecule has 0 aromatic heterocycles. The van der Waals surface area contributed by atoms with Crippen LogP contribution in [-0.2, 0) is 0 Å². The van der Waals surface area contributed by atoms with Crippen LogP contribution in [0.5, 0.6) is 0 Å². The summed E-state index contributed by atoms with van der Waals surface area (Å²) in [5.41, 5.74) is 1.79. The van der Waals surface area contributed by atoms with Crippen molar-refractivity contribution in [1.82, 2.24) is 0 Å². The van der Waals surface area contributed by atoms with E-state index in [1.807, 2.05) is 12.1 Å². The Hall–Kier alpha value is -1.58. The van der Waals surface area contributed by atoms with E-state index in [1.54, 1.807) is 13.0 Å². The third kappa shape index (κ3) is 3.30. The van der Waals surface area contributed by atoms with Crippen LogP contribution in [0.1, 0.15) is 45.1 Å². The molecule has 2 atom stereocenters. The molecule has 4 heteroatoms. The predicted octanol–water partition coefficient (Wildman–Crippen LogP) is 4.53. The molecule has 1 N–H and O–H groups in total. The fraction of sp³-hybridized carbons (Fsp3) is 0.625. The lowest BCUT2D eigenvalue weighted by atomic mass is 9.78. The molecule has 0 saturated heterocycles. The van der Waals surface area contributed by atoms with E-state index in [4.69, 9.17) is 0 Å². The Morgan fingerprint density at radius 3 is 2.65 bits per heavy atom. The Kier molecular flexibility index (Phi) is 4.63. The molecule has 1 aromatic rings. The van der Waals surface area contributed by atoms with Crippen molar-refractivity contribution in [2.45, 2.75) is 52.5 Å². The lowest BCUT2D eigenvalue weighted by Gasteiger charge is -2.35. The van der Waals surface area contributed by atoms with E-state index in [2.05, 4.69) is 19.2 Å². The molecular weight excluding hydrogens is 252 g/mol. The maximum absolute atomic E-state index is 11.0. The third-order valence-electron chi connectivity index (χ3n) is 4.43. The topological polar surface area (TPSA) is 55.2 Å². The maximum Gasteiger partial charge on any atom is 0.274 e. The predicted molar refractivity (Wildman–Crippen MR) is 82.0 cm³/mol. The SMILES string of the molecule is Cc1ccc(NC2CCCCC2C(C)C)cc1[N+](=O)[O-]. The Bertz CT molecular complexity index is 485. The zero-order valence-corrected chi connectivity index (χ0v) is 12.6. The lowest BCUT2D eigenvalue weighted by molar-refractivity contribution is -0.385. The third-order valence-corrected chi connectivity index (χ3v) is 4.43. The Morgan fingerprint density at radius 1 is 1.30 bits per heavy atom. The zero-order valence-electron chi connectivity index (χ0n) is 12.6. The number of nitro benzene ring substituents is 1. The van der Waals surface area contributed by atoms with Crippen molar-refractivity contribution in [2.75, 3.05) is 5.32 Å². The van der Waals surface area contributed by atoms with Gasteiger partial charge in [-0.05, 0) is 37.7 Å². The van der Waals surface area contributed by atoms with Gasteiger partial charge >= 0.3 is 0 Å². The molecule has 0 aliphatic heterocycles. The number of rotatable bonds is 4. The molecule has 0 heterocycles. The van der Waals surface area contributed by atoms with Gasteiger partial charge in [0.2, 0.25) is 0 Å². The van der Waals surface area contributed by atoms with Gasteiger partial charge in [-0.15, -0.1) is 0 Å². The monoisotopic (exact) mass is 276 g/mol. The molecule has 2 unspecified atom stereocenters. The van der Waals surface area contributed by atoms with Crippen molar-refractivity contribution in [3.63, 3.8) is 0 Å². The first-order valence-corrected chi connectivity index (χ1v) is 7.50. The summed E-state index contributed by atoms with van der Waals surface area (Å²) in [6.45, 7) is 6.31. The quantitative estimate of drug-likeness (QED) is 0.649. The Labute approximate surface area is 120 Å². The minimum absolute atomic E-state index is 0.201. The van der Waals surface area contributed by atoms with Crippen LogP contribution in [0.2, 0.25) is 0 Å². The van der Waals surface area contributed by atoms with E-state index in [1.165, 1.54) is 19.3 Å². The summed E-state index contributed by atoms with van der Waals surface area (Å²) in [5.74, 6) is 1.30. The van der Waals surface area contributed by atoms with Crippen LogP contribution < -0.4 is 5.32 Å². The molecule has 0 amide bonds. The number of anilines is 1. The largest absolute Gasteiger partial charge is 0.382 e. The summed E-state index contributed by atoms with van der Waals surface area (Å²) >= 11 is 0. The summed E-state index contributed by atoms with van der Waals surface area (Å²) in [5, 5.41) is 14.5. The smallest absolute Gasteiger partial charge is 0.274 e. The van der Waals surface area contributed by atoms with Gasteiger partial charge in [0.05, 0.1) is 4.92 Å². The summed E-state index contributed by atoms with van der Waals surface area (Å²) in [4.78, 5) is 10.7. The summed E-state index contributed by atoms with van der Waals surface area (Å²) in [6, 6.07) is 5.88. The Balaban J connectivity index is 2.16. The van der Waals surface area contributed by atoms with Crippen molar-refractivity contribution in [3.8, 4) is 0 Å². The normalized spacial score (nSPS) is 22.8. The second-order valence-corrected chi connectivity index (χ2v) is 6.20. The molecule has 0 spiro atoms. The van der Waals surface area contributed by atoms with Crippen LogP contribution in [0.3, 0.4) is 0 Å². The second kappa shape index (κ2) is 6.25. The fourth-order valence-electron chi connectivity index (χ4n) is 3.25. The molecule has 110 valence electrons. The minimum atomic E-state index is -0.304. The summed E-state index contributed by atoms with van der Waals surface area (Å²) in [7, 11) is 0. The molecule has 1 fully saturated rings. The van der Waals surface area contributed by atoms with Crippen molar-refractivity contribution in [3.05, 3.63) is 33.9 Å². The van der Waals surface area contributed by atoms with Crippen LogP contribution in [0, 0.1) is 28.9 Å². The maximum atomic E-state index is 11.0. The van der Waals surface area contributed by atoms with Gasteiger partial charge in [-0.2, -0.15) is 0 Å². The zero-order chi connectivity index (χ0) is 14.7. The first-order chi connectivity index (χ1) is 9.49. The summed E-state index contributed by atoms with van der Waals surface area (Å²) < 4.78 is 0. The van der Waals surface area contributed by atoms with Crippen LogP contribution in [-0.4, -0.2) is 11.0 Å². The number of aryl methyl sites for hydroxylation is 1. The molecular formula is C16H24N2O2. The molecule has 4 nitrogen and oxygen atoms in total. The number of nitrogens with one attached hydrogen (secondary N) is 1. The van der Waals surface area contributed by atoms with Gasteiger partial charge in [0, 0.05) is 23.4 Å². The average Bonchev–Trinajstić information content (AvgIpc) is 2.41. The first-order valence-electron chi connectivity index (χ1n) is 7.50. The molecule has 2 rings (SSSR count). The molecule has 0 radical (unpaired) electrons. The van der Waals surface area contributed by atoms with E-state index >= 15 is 0 Å². The molecule has 20 heavy (non-hydrogen) atoms. The van der Waals surface area contributed by atoms with Crippen LogP contribution in [0.15, 0.2) is 18.2 Å². The number of hydrogen-bond donors (Lipinski definition) is 1. The van der Waals surface area contributed by atoms with Crippen molar-refractivity contribution < 1.29 is 4.92 Å². The molecule has 1 aliphatic carbocycles. The van der Waals surface area contributed by atoms with E-state index in [0.29, 0.717) is 23.4 Å². The number of nitrogens with zero attached hydrogens (tertiary/aromatic N) is 1. The average molecular weight is 276 g/mol. The van der Waals surface area contributed by atoms with Crippen LogP contribution >= 0.6 is 0 Å². The van der Waals surface area contributed by atoms with Gasteiger partial charge in [-0.3, -0.25) is 10.1 Å².